The van der Waals surface area contributed by atoms with Crippen LogP contribution in [0.2, 0.25) is 0 Å². The van der Waals surface area contributed by atoms with Gasteiger partial charge < -0.3 is 14.4 Å². The summed E-state index contributed by atoms with van der Waals surface area (Å²) in [6.45, 7) is 0.475. The normalized spacial score (nSPS) is 11.0. The highest BCUT2D eigenvalue weighted by Gasteiger charge is 2.12. The third-order valence-corrected chi connectivity index (χ3v) is 6.33. The number of hydrogen-bond acceptors (Lipinski definition) is 3. The molecule has 0 fully saturated rings. The van der Waals surface area contributed by atoms with Crippen LogP contribution in [0.1, 0.15) is 28.7 Å². The minimum Gasteiger partial charge on any atom is -0.481 e. The maximum Gasteiger partial charge on any atom is 0.303 e. The predicted octanol–water partition coefficient (Wildman–Crippen LogP) is 6.41. The first-order valence-electron chi connectivity index (χ1n) is 12.2. The number of hydrogen-bond donors (Lipinski definition) is 1. The molecule has 3 aromatic carbocycles. The lowest BCUT2D eigenvalue weighted by atomic mass is 10.0. The zero-order chi connectivity index (χ0) is 24.7. The van der Waals surface area contributed by atoms with Gasteiger partial charge in [-0.15, -0.1) is 0 Å². The van der Waals surface area contributed by atoms with Crippen LogP contribution in [-0.4, -0.2) is 20.6 Å². The first-order valence-corrected chi connectivity index (χ1v) is 12.2. The number of pyridine rings is 1. The zero-order valence-corrected chi connectivity index (χ0v) is 20.0. The summed E-state index contributed by atoms with van der Waals surface area (Å²) >= 11 is 0. The molecule has 0 radical (unpaired) electrons. The number of rotatable bonds is 10. The van der Waals surface area contributed by atoms with Gasteiger partial charge in [0.05, 0.1) is 17.4 Å². The monoisotopic (exact) mass is 476 g/mol. The van der Waals surface area contributed by atoms with Crippen molar-refractivity contribution in [1.82, 2.24) is 9.55 Å². The Balaban J connectivity index is 1.41. The molecule has 36 heavy (non-hydrogen) atoms. The van der Waals surface area contributed by atoms with Crippen LogP contribution in [0.5, 0.6) is 5.88 Å². The Bertz CT molecular complexity index is 1440. The fourth-order valence-electron chi connectivity index (χ4n) is 4.42. The van der Waals surface area contributed by atoms with E-state index in [0.29, 0.717) is 18.9 Å². The predicted molar refractivity (Wildman–Crippen MR) is 142 cm³/mol. The van der Waals surface area contributed by atoms with Gasteiger partial charge in [0.2, 0.25) is 5.88 Å². The van der Waals surface area contributed by atoms with Crippen LogP contribution in [0.15, 0.2) is 103 Å². The topological polar surface area (TPSA) is 64.3 Å². The average molecular weight is 477 g/mol. The third-order valence-electron chi connectivity index (χ3n) is 6.33. The Morgan fingerprint density at radius 2 is 1.56 bits per heavy atom. The van der Waals surface area contributed by atoms with Crippen molar-refractivity contribution in [1.29, 1.82) is 0 Å². The highest BCUT2D eigenvalue weighted by molar-refractivity contribution is 5.86. The van der Waals surface area contributed by atoms with E-state index in [2.05, 4.69) is 52.1 Å². The zero-order valence-electron chi connectivity index (χ0n) is 20.0. The summed E-state index contributed by atoms with van der Waals surface area (Å²) in [5.41, 5.74) is 6.69. The molecular weight excluding hydrogens is 448 g/mol. The highest BCUT2D eigenvalue weighted by Crippen LogP contribution is 2.28. The summed E-state index contributed by atoms with van der Waals surface area (Å²) in [5.74, 6) is -0.197. The van der Waals surface area contributed by atoms with Crippen molar-refractivity contribution in [2.45, 2.75) is 32.3 Å². The van der Waals surface area contributed by atoms with Gasteiger partial charge in [0.25, 0.3) is 0 Å². The van der Waals surface area contributed by atoms with E-state index in [9.17, 15) is 4.79 Å². The summed E-state index contributed by atoms with van der Waals surface area (Å²) in [7, 11) is 0. The SMILES string of the molecule is O=C(O)CCc1ccc2c(c1)c(CCc1ccccc1)cn2-c1ccc(OCc2ccccc2)nc1. The van der Waals surface area contributed by atoms with Gasteiger partial charge in [0.1, 0.15) is 6.61 Å². The Morgan fingerprint density at radius 3 is 2.25 bits per heavy atom. The average Bonchev–Trinajstić information content (AvgIpc) is 3.29. The molecule has 180 valence electrons. The molecule has 0 amide bonds. The van der Waals surface area contributed by atoms with Gasteiger partial charge in [-0.25, -0.2) is 4.98 Å². The number of nitrogens with zero attached hydrogens (tertiary/aromatic N) is 2. The maximum atomic E-state index is 11.1. The molecule has 2 aromatic heterocycles. The van der Waals surface area contributed by atoms with Crippen LogP contribution in [0.25, 0.3) is 16.6 Å². The first kappa shape index (κ1) is 23.4. The lowest BCUT2D eigenvalue weighted by molar-refractivity contribution is -0.136. The van der Waals surface area contributed by atoms with E-state index >= 15 is 0 Å². The molecule has 0 bridgehead atoms. The van der Waals surface area contributed by atoms with Gasteiger partial charge in [0.15, 0.2) is 0 Å². The molecular formula is C31H28N2O3. The van der Waals surface area contributed by atoms with Crippen molar-refractivity contribution in [2.75, 3.05) is 0 Å². The molecule has 0 aliphatic heterocycles. The number of carboxylic acids is 1. The standard InChI is InChI=1S/C31H28N2O3/c34-31(35)18-13-24-12-16-29-28(19-24)26(14-11-23-7-3-1-4-8-23)21-33(29)27-15-17-30(32-20-27)36-22-25-9-5-2-6-10-25/h1-10,12,15-17,19-21H,11,13-14,18,22H2,(H,34,35). The van der Waals surface area contributed by atoms with Crippen LogP contribution in [0.3, 0.4) is 0 Å². The van der Waals surface area contributed by atoms with E-state index < -0.39 is 5.97 Å². The van der Waals surface area contributed by atoms with Crippen LogP contribution < -0.4 is 4.74 Å². The Morgan fingerprint density at radius 1 is 0.806 bits per heavy atom. The molecule has 0 saturated carbocycles. The number of fused-ring (bicyclic) bond motifs is 1. The lowest BCUT2D eigenvalue weighted by Gasteiger charge is -2.08. The van der Waals surface area contributed by atoms with Crippen molar-refractivity contribution < 1.29 is 14.6 Å². The molecule has 1 N–H and O–H groups in total. The molecule has 0 atom stereocenters. The van der Waals surface area contributed by atoms with Crippen LogP contribution in [0, 0.1) is 0 Å². The van der Waals surface area contributed by atoms with E-state index in [1.165, 1.54) is 11.1 Å². The van der Waals surface area contributed by atoms with Crippen molar-refractivity contribution >= 4 is 16.9 Å². The fraction of sp³-hybridized carbons (Fsp3) is 0.161. The number of carbonyl (C=O) groups is 1. The summed E-state index contributed by atoms with van der Waals surface area (Å²) in [6, 6.07) is 30.7. The van der Waals surface area contributed by atoms with E-state index in [0.717, 1.165) is 40.6 Å². The largest absolute Gasteiger partial charge is 0.481 e. The quantitative estimate of drug-likeness (QED) is 0.253. The van der Waals surface area contributed by atoms with E-state index in [-0.39, 0.29) is 6.42 Å². The molecule has 0 unspecified atom stereocenters. The fourth-order valence-corrected chi connectivity index (χ4v) is 4.42. The molecule has 0 aliphatic rings. The smallest absolute Gasteiger partial charge is 0.303 e. The van der Waals surface area contributed by atoms with Gasteiger partial charge in [-0.3, -0.25) is 4.79 Å². The van der Waals surface area contributed by atoms with E-state index in [1.54, 1.807) is 0 Å². The van der Waals surface area contributed by atoms with Crippen LogP contribution in [0.4, 0.5) is 0 Å². The van der Waals surface area contributed by atoms with Gasteiger partial charge >= 0.3 is 5.97 Å². The number of aliphatic carboxylic acids is 1. The second-order valence-electron chi connectivity index (χ2n) is 8.88. The van der Waals surface area contributed by atoms with Crippen molar-refractivity contribution in [3.63, 3.8) is 0 Å². The number of benzene rings is 3. The van der Waals surface area contributed by atoms with Gasteiger partial charge in [-0.05, 0) is 59.7 Å². The van der Waals surface area contributed by atoms with E-state index in [4.69, 9.17) is 9.84 Å². The second kappa shape index (κ2) is 10.9. The Labute approximate surface area is 210 Å². The summed E-state index contributed by atoms with van der Waals surface area (Å²) in [6.07, 6.45) is 6.48. The summed E-state index contributed by atoms with van der Waals surface area (Å²) < 4.78 is 8.01. The molecule has 5 rings (SSSR count). The highest BCUT2D eigenvalue weighted by atomic mass is 16.5. The minimum atomic E-state index is -0.780. The Hall–Kier alpha value is -4.38. The second-order valence-corrected chi connectivity index (χ2v) is 8.88. The van der Waals surface area contributed by atoms with Gasteiger partial charge in [-0.2, -0.15) is 0 Å². The number of ether oxygens (including phenoxy) is 1. The Kier molecular flexibility index (Phi) is 7.08. The summed E-state index contributed by atoms with van der Waals surface area (Å²) in [4.78, 5) is 15.6. The van der Waals surface area contributed by atoms with Gasteiger partial charge in [0, 0.05) is 24.1 Å². The van der Waals surface area contributed by atoms with Crippen molar-refractivity contribution in [3.05, 3.63) is 126 Å². The molecule has 5 aromatic rings. The summed E-state index contributed by atoms with van der Waals surface area (Å²) in [5, 5.41) is 10.3. The molecule has 0 saturated heterocycles. The van der Waals surface area contributed by atoms with Crippen molar-refractivity contribution in [3.8, 4) is 11.6 Å². The molecule has 2 heterocycles. The lowest BCUT2D eigenvalue weighted by Crippen LogP contribution is -1.99. The number of aromatic nitrogens is 2. The van der Waals surface area contributed by atoms with E-state index in [1.807, 2.05) is 60.8 Å². The minimum absolute atomic E-state index is 0.125. The van der Waals surface area contributed by atoms with Crippen LogP contribution >= 0.6 is 0 Å². The molecule has 5 nitrogen and oxygen atoms in total. The number of carboxylic acid groups (broad SMARTS) is 1. The van der Waals surface area contributed by atoms with Crippen LogP contribution in [-0.2, 0) is 30.7 Å². The number of aryl methyl sites for hydroxylation is 3. The van der Waals surface area contributed by atoms with Gasteiger partial charge in [-0.1, -0.05) is 66.7 Å². The van der Waals surface area contributed by atoms with Crippen molar-refractivity contribution in [2.24, 2.45) is 0 Å². The molecule has 0 aliphatic carbocycles. The molecule has 5 heteroatoms. The third kappa shape index (κ3) is 5.63. The molecule has 0 spiro atoms. The maximum absolute atomic E-state index is 11.1. The first-order chi connectivity index (χ1) is 17.7.